The van der Waals surface area contributed by atoms with Crippen LogP contribution in [0.1, 0.15) is 16.7 Å². The van der Waals surface area contributed by atoms with Gasteiger partial charge < -0.3 is 20.7 Å². The maximum absolute atomic E-state index is 12.9. The smallest absolute Gasteiger partial charge is 0.321 e. The molecule has 3 aromatic carbocycles. The van der Waals surface area contributed by atoms with E-state index in [0.717, 1.165) is 16.7 Å². The number of para-hydroxylation sites is 1. The molecule has 156 valence electrons. The number of carbonyl (C=O) groups is 2. The number of urea groups is 1. The minimum Gasteiger partial charge on any atom is -0.497 e. The normalized spacial score (nSPS) is 15.1. The Bertz CT molecular complexity index is 1160. The van der Waals surface area contributed by atoms with Crippen molar-refractivity contribution in [3.8, 4) is 5.75 Å². The summed E-state index contributed by atoms with van der Waals surface area (Å²) in [6.07, 6.45) is -1.10. The first-order valence-electron chi connectivity index (χ1n) is 9.81. The Morgan fingerprint density at radius 2 is 1.81 bits per heavy atom. The van der Waals surface area contributed by atoms with Crippen molar-refractivity contribution in [2.24, 2.45) is 4.99 Å². The van der Waals surface area contributed by atoms with Crippen LogP contribution in [0, 0.1) is 6.92 Å². The number of methoxy groups -OCH3 is 1. The quantitative estimate of drug-likeness (QED) is 0.604. The van der Waals surface area contributed by atoms with E-state index in [9.17, 15) is 9.59 Å². The molecule has 1 unspecified atom stereocenters. The SMILES string of the molecule is COc1cccc(NC(=O)NC2N=C(c3ccccc3)c3cccc(C)c3NC2=O)c1. The van der Waals surface area contributed by atoms with Gasteiger partial charge in [-0.15, -0.1) is 0 Å². The third kappa shape index (κ3) is 4.40. The highest BCUT2D eigenvalue weighted by Crippen LogP contribution is 2.27. The third-order valence-corrected chi connectivity index (χ3v) is 4.93. The molecule has 7 nitrogen and oxygen atoms in total. The van der Waals surface area contributed by atoms with Crippen LogP contribution in [0.4, 0.5) is 16.2 Å². The molecule has 3 N–H and O–H groups in total. The fourth-order valence-electron chi connectivity index (χ4n) is 3.40. The fourth-order valence-corrected chi connectivity index (χ4v) is 3.40. The number of amides is 3. The summed E-state index contributed by atoms with van der Waals surface area (Å²) in [5.41, 5.74) is 4.42. The minimum absolute atomic E-state index is 0.415. The second-order valence-corrected chi connectivity index (χ2v) is 7.06. The van der Waals surface area contributed by atoms with Gasteiger partial charge in [0.25, 0.3) is 5.91 Å². The number of aryl methyl sites for hydroxylation is 1. The predicted molar refractivity (Wildman–Crippen MR) is 121 cm³/mol. The van der Waals surface area contributed by atoms with Crippen molar-refractivity contribution in [3.05, 3.63) is 89.5 Å². The number of ether oxygens (including phenoxy) is 1. The van der Waals surface area contributed by atoms with Crippen LogP contribution >= 0.6 is 0 Å². The van der Waals surface area contributed by atoms with Gasteiger partial charge in [-0.3, -0.25) is 4.79 Å². The third-order valence-electron chi connectivity index (χ3n) is 4.93. The van der Waals surface area contributed by atoms with Gasteiger partial charge in [0.2, 0.25) is 6.17 Å². The highest BCUT2D eigenvalue weighted by atomic mass is 16.5. The fraction of sp³-hybridized carbons (Fsp3) is 0.125. The zero-order valence-electron chi connectivity index (χ0n) is 17.2. The molecule has 4 rings (SSSR count). The molecule has 0 aliphatic carbocycles. The van der Waals surface area contributed by atoms with Crippen molar-refractivity contribution in [1.82, 2.24) is 5.32 Å². The van der Waals surface area contributed by atoms with Crippen LogP contribution in [0.3, 0.4) is 0 Å². The van der Waals surface area contributed by atoms with Crippen LogP contribution < -0.4 is 20.7 Å². The monoisotopic (exact) mass is 414 g/mol. The van der Waals surface area contributed by atoms with E-state index in [4.69, 9.17) is 4.74 Å². The maximum Gasteiger partial charge on any atom is 0.321 e. The van der Waals surface area contributed by atoms with Crippen LogP contribution in [0.15, 0.2) is 77.8 Å². The highest BCUT2D eigenvalue weighted by Gasteiger charge is 2.27. The van der Waals surface area contributed by atoms with E-state index in [1.54, 1.807) is 31.4 Å². The lowest BCUT2D eigenvalue weighted by Gasteiger charge is -2.14. The standard InChI is InChI=1S/C24H22N4O3/c1-15-8-6-13-19-20(15)27-23(29)22(26-21(19)16-9-4-3-5-10-16)28-24(30)25-17-11-7-12-18(14-17)31-2/h3-14,22H,1-2H3,(H,27,29)(H2,25,28,30). The van der Waals surface area contributed by atoms with Gasteiger partial charge in [-0.1, -0.05) is 54.6 Å². The van der Waals surface area contributed by atoms with Gasteiger partial charge in [0.15, 0.2) is 0 Å². The minimum atomic E-state index is -1.10. The molecule has 7 heteroatoms. The lowest BCUT2D eigenvalue weighted by atomic mass is 9.98. The summed E-state index contributed by atoms with van der Waals surface area (Å²) in [5.74, 6) is 0.197. The van der Waals surface area contributed by atoms with Gasteiger partial charge in [-0.05, 0) is 24.6 Å². The number of anilines is 2. The summed E-state index contributed by atoms with van der Waals surface area (Å²) in [7, 11) is 1.55. The van der Waals surface area contributed by atoms with Crippen LogP contribution in [0.5, 0.6) is 5.75 Å². The van der Waals surface area contributed by atoms with E-state index in [0.29, 0.717) is 22.8 Å². The molecule has 0 saturated carbocycles. The van der Waals surface area contributed by atoms with Crippen molar-refractivity contribution >= 4 is 29.0 Å². The van der Waals surface area contributed by atoms with Gasteiger partial charge in [0.1, 0.15) is 5.75 Å². The first-order valence-corrected chi connectivity index (χ1v) is 9.81. The van der Waals surface area contributed by atoms with Gasteiger partial charge >= 0.3 is 6.03 Å². The molecular formula is C24H22N4O3. The molecule has 1 atom stereocenters. The highest BCUT2D eigenvalue weighted by molar-refractivity contribution is 6.20. The van der Waals surface area contributed by atoms with Crippen molar-refractivity contribution < 1.29 is 14.3 Å². The molecular weight excluding hydrogens is 392 g/mol. The number of carbonyl (C=O) groups excluding carboxylic acids is 2. The zero-order chi connectivity index (χ0) is 21.8. The van der Waals surface area contributed by atoms with Crippen molar-refractivity contribution in [3.63, 3.8) is 0 Å². The molecule has 1 heterocycles. The summed E-state index contributed by atoms with van der Waals surface area (Å²) in [5, 5.41) is 8.28. The number of benzodiazepines with no additional fused rings is 1. The summed E-state index contributed by atoms with van der Waals surface area (Å²) in [4.78, 5) is 30.2. The van der Waals surface area contributed by atoms with E-state index >= 15 is 0 Å². The average Bonchev–Trinajstić information content (AvgIpc) is 2.92. The Labute approximate surface area is 180 Å². The molecule has 0 bridgehead atoms. The Hall–Kier alpha value is -4.13. The average molecular weight is 414 g/mol. The predicted octanol–water partition coefficient (Wildman–Crippen LogP) is 3.94. The molecule has 0 radical (unpaired) electrons. The number of benzene rings is 3. The van der Waals surface area contributed by atoms with Crippen LogP contribution in [0.25, 0.3) is 0 Å². The van der Waals surface area contributed by atoms with Crippen LogP contribution in [0.2, 0.25) is 0 Å². The number of rotatable bonds is 4. The summed E-state index contributed by atoms with van der Waals surface area (Å²) in [6.45, 7) is 1.92. The van der Waals surface area contributed by atoms with Gasteiger partial charge in [-0.2, -0.15) is 0 Å². The van der Waals surface area contributed by atoms with Crippen molar-refractivity contribution in [2.75, 3.05) is 17.7 Å². The summed E-state index contributed by atoms with van der Waals surface area (Å²) in [6, 6.07) is 21.7. The number of hydrogen-bond acceptors (Lipinski definition) is 4. The molecule has 1 aliphatic heterocycles. The molecule has 0 spiro atoms. The summed E-state index contributed by atoms with van der Waals surface area (Å²) < 4.78 is 5.17. The largest absolute Gasteiger partial charge is 0.497 e. The Morgan fingerprint density at radius 1 is 1.03 bits per heavy atom. The molecule has 0 saturated heterocycles. The van der Waals surface area contributed by atoms with E-state index in [2.05, 4.69) is 20.9 Å². The van der Waals surface area contributed by atoms with Crippen molar-refractivity contribution in [1.29, 1.82) is 0 Å². The van der Waals surface area contributed by atoms with E-state index in [1.807, 2.05) is 55.5 Å². The number of hydrogen-bond donors (Lipinski definition) is 3. The first-order chi connectivity index (χ1) is 15.0. The number of nitrogens with one attached hydrogen (secondary N) is 3. The molecule has 31 heavy (non-hydrogen) atoms. The van der Waals surface area contributed by atoms with Gasteiger partial charge in [0.05, 0.1) is 18.5 Å². The van der Waals surface area contributed by atoms with E-state index < -0.39 is 18.1 Å². The van der Waals surface area contributed by atoms with Crippen LogP contribution in [-0.2, 0) is 4.79 Å². The Morgan fingerprint density at radius 3 is 2.58 bits per heavy atom. The van der Waals surface area contributed by atoms with Gasteiger partial charge in [-0.25, -0.2) is 9.79 Å². The number of aliphatic imine (C=N–C) groups is 1. The molecule has 0 fully saturated rings. The summed E-state index contributed by atoms with van der Waals surface area (Å²) >= 11 is 0. The topological polar surface area (TPSA) is 91.8 Å². The second kappa shape index (κ2) is 8.71. The Kier molecular flexibility index (Phi) is 5.66. The maximum atomic E-state index is 12.9. The lowest BCUT2D eigenvalue weighted by Crippen LogP contribution is -2.44. The van der Waals surface area contributed by atoms with E-state index in [1.165, 1.54) is 0 Å². The number of nitrogens with zero attached hydrogens (tertiary/aromatic N) is 1. The lowest BCUT2D eigenvalue weighted by molar-refractivity contribution is -0.117. The molecule has 3 aromatic rings. The van der Waals surface area contributed by atoms with Gasteiger partial charge in [0, 0.05) is 22.9 Å². The second-order valence-electron chi connectivity index (χ2n) is 7.06. The van der Waals surface area contributed by atoms with E-state index in [-0.39, 0.29) is 0 Å². The molecule has 1 aliphatic rings. The molecule has 3 amide bonds. The van der Waals surface area contributed by atoms with Crippen molar-refractivity contribution in [2.45, 2.75) is 13.1 Å². The van der Waals surface area contributed by atoms with Crippen LogP contribution in [-0.4, -0.2) is 30.9 Å². The molecule has 0 aromatic heterocycles. The first kappa shape index (κ1) is 20.2. The Balaban J connectivity index is 1.65. The number of fused-ring (bicyclic) bond motifs is 1. The zero-order valence-corrected chi connectivity index (χ0v) is 17.2.